The third kappa shape index (κ3) is 3.28. The minimum absolute atomic E-state index is 0.223. The smallest absolute Gasteiger partial charge is 0.289 e. The highest BCUT2D eigenvalue weighted by Gasteiger charge is 2.09. The minimum Gasteiger partial charge on any atom is -0.319 e. The summed E-state index contributed by atoms with van der Waals surface area (Å²) in [7, 11) is 0. The molecule has 1 heterocycles. The SMILES string of the molecule is O=c1[nH]c2ccccc2n(-c2ccccc2)c(=O)c1=NNc1ccccc1. The van der Waals surface area contributed by atoms with Crippen LogP contribution in [0.4, 0.5) is 5.69 Å². The van der Waals surface area contributed by atoms with Gasteiger partial charge >= 0.3 is 0 Å². The van der Waals surface area contributed by atoms with E-state index in [4.69, 9.17) is 0 Å². The standard InChI is InChI=1S/C21H16N4O2/c26-20-19(24-23-15-9-3-1-4-10-15)21(27)25(16-11-5-2-6-12-16)18-14-8-7-13-17(18)22-20/h1-14,23H,(H,22,26). The maximum Gasteiger partial charge on any atom is 0.289 e. The van der Waals surface area contributed by atoms with Crippen LogP contribution < -0.4 is 21.9 Å². The first kappa shape index (κ1) is 16.5. The van der Waals surface area contributed by atoms with E-state index < -0.39 is 11.1 Å². The molecule has 0 radical (unpaired) electrons. The Morgan fingerprint density at radius 3 is 2.15 bits per heavy atom. The Morgan fingerprint density at radius 2 is 1.41 bits per heavy atom. The summed E-state index contributed by atoms with van der Waals surface area (Å²) in [4.78, 5) is 28.7. The topological polar surface area (TPSA) is 79.2 Å². The van der Waals surface area contributed by atoms with Gasteiger partial charge in [-0.25, -0.2) is 0 Å². The molecule has 4 rings (SSSR count). The molecule has 0 bridgehead atoms. The largest absolute Gasteiger partial charge is 0.319 e. The number of anilines is 1. The maximum absolute atomic E-state index is 13.2. The molecule has 0 unspecified atom stereocenters. The number of nitrogens with zero attached hydrogens (tertiary/aromatic N) is 2. The second-order valence-corrected chi connectivity index (χ2v) is 5.89. The van der Waals surface area contributed by atoms with Crippen LogP contribution in [0, 0.1) is 0 Å². The van der Waals surface area contributed by atoms with E-state index in [-0.39, 0.29) is 5.36 Å². The Hall–Kier alpha value is -3.93. The van der Waals surface area contributed by atoms with Gasteiger partial charge in [0.05, 0.1) is 16.7 Å². The van der Waals surface area contributed by atoms with Crippen molar-refractivity contribution < 1.29 is 0 Å². The molecule has 3 aromatic carbocycles. The fourth-order valence-electron chi connectivity index (χ4n) is 2.83. The van der Waals surface area contributed by atoms with Crippen molar-refractivity contribution in [3.8, 4) is 5.69 Å². The highest BCUT2D eigenvalue weighted by molar-refractivity contribution is 5.75. The third-order valence-corrected chi connectivity index (χ3v) is 4.10. The van der Waals surface area contributed by atoms with Gasteiger partial charge in [0.15, 0.2) is 0 Å². The summed E-state index contributed by atoms with van der Waals surface area (Å²) in [5.41, 5.74) is 4.18. The number of hydrogen-bond acceptors (Lipinski definition) is 4. The number of H-pyrrole nitrogens is 1. The summed E-state index contributed by atoms with van der Waals surface area (Å²) in [6.07, 6.45) is 0. The molecule has 6 heteroatoms. The number of nitrogens with one attached hydrogen (secondary N) is 2. The average Bonchev–Trinajstić information content (AvgIpc) is 2.81. The van der Waals surface area contributed by atoms with Gasteiger partial charge in [0.1, 0.15) is 0 Å². The monoisotopic (exact) mass is 356 g/mol. The van der Waals surface area contributed by atoms with Crippen LogP contribution in [0.25, 0.3) is 16.7 Å². The highest BCUT2D eigenvalue weighted by atomic mass is 16.1. The molecule has 0 saturated heterocycles. The molecule has 2 N–H and O–H groups in total. The molecule has 0 fully saturated rings. The van der Waals surface area contributed by atoms with E-state index in [0.717, 1.165) is 0 Å². The van der Waals surface area contributed by atoms with Gasteiger partial charge in [-0.3, -0.25) is 19.6 Å². The van der Waals surface area contributed by atoms with Crippen molar-refractivity contribution in [3.63, 3.8) is 0 Å². The van der Waals surface area contributed by atoms with Crippen LogP contribution in [-0.4, -0.2) is 9.55 Å². The number of aromatic nitrogens is 2. The first-order chi connectivity index (χ1) is 13.2. The third-order valence-electron chi connectivity index (χ3n) is 4.10. The van der Waals surface area contributed by atoms with Crippen molar-refractivity contribution in [2.45, 2.75) is 0 Å². The Kier molecular flexibility index (Phi) is 4.37. The zero-order valence-electron chi connectivity index (χ0n) is 14.3. The Labute approximate surface area is 154 Å². The number of rotatable bonds is 3. The van der Waals surface area contributed by atoms with Crippen LogP contribution in [0.1, 0.15) is 0 Å². The lowest BCUT2D eigenvalue weighted by Crippen LogP contribution is -2.42. The van der Waals surface area contributed by atoms with Gasteiger partial charge in [-0.15, -0.1) is 0 Å². The number of hydrogen-bond donors (Lipinski definition) is 2. The van der Waals surface area contributed by atoms with Crippen molar-refractivity contribution in [3.05, 3.63) is 111 Å². The number of benzene rings is 3. The molecule has 0 aliphatic heterocycles. The molecule has 0 spiro atoms. The number of aromatic amines is 1. The molecular formula is C21H16N4O2. The Morgan fingerprint density at radius 1 is 0.778 bits per heavy atom. The molecular weight excluding hydrogens is 340 g/mol. The lowest BCUT2D eigenvalue weighted by molar-refractivity contribution is 0.999. The highest BCUT2D eigenvalue weighted by Crippen LogP contribution is 2.12. The molecule has 6 nitrogen and oxygen atoms in total. The van der Waals surface area contributed by atoms with Crippen LogP contribution >= 0.6 is 0 Å². The van der Waals surface area contributed by atoms with Crippen LogP contribution in [0.5, 0.6) is 0 Å². The molecule has 132 valence electrons. The average molecular weight is 356 g/mol. The van der Waals surface area contributed by atoms with Gasteiger partial charge in [0.2, 0.25) is 5.36 Å². The van der Waals surface area contributed by atoms with E-state index in [9.17, 15) is 9.59 Å². The van der Waals surface area contributed by atoms with Gasteiger partial charge in [-0.05, 0) is 36.4 Å². The molecule has 27 heavy (non-hydrogen) atoms. The van der Waals surface area contributed by atoms with Crippen molar-refractivity contribution in [2.24, 2.45) is 5.10 Å². The van der Waals surface area contributed by atoms with E-state index in [2.05, 4.69) is 15.5 Å². The van der Waals surface area contributed by atoms with E-state index in [1.807, 2.05) is 54.6 Å². The molecule has 1 aromatic heterocycles. The summed E-state index contributed by atoms with van der Waals surface area (Å²) in [5.74, 6) is 0. The van der Waals surface area contributed by atoms with Crippen LogP contribution in [0.15, 0.2) is 99.6 Å². The van der Waals surface area contributed by atoms with E-state index in [0.29, 0.717) is 22.4 Å². The number of fused-ring (bicyclic) bond motifs is 1. The zero-order valence-corrected chi connectivity index (χ0v) is 14.3. The summed E-state index contributed by atoms with van der Waals surface area (Å²) in [5, 5.41) is 3.87. The fraction of sp³-hybridized carbons (Fsp3) is 0. The summed E-state index contributed by atoms with van der Waals surface area (Å²) in [6, 6.07) is 25.5. The first-order valence-electron chi connectivity index (χ1n) is 8.42. The lowest BCUT2D eigenvalue weighted by atomic mass is 10.2. The van der Waals surface area contributed by atoms with Crippen molar-refractivity contribution in [1.82, 2.24) is 9.55 Å². The summed E-state index contributed by atoms with van der Waals surface area (Å²) >= 11 is 0. The molecule has 4 aromatic rings. The van der Waals surface area contributed by atoms with E-state index in [1.54, 1.807) is 30.3 Å². The minimum atomic E-state index is -0.561. The Balaban J connectivity index is 2.07. The van der Waals surface area contributed by atoms with Crippen molar-refractivity contribution in [2.75, 3.05) is 5.43 Å². The zero-order chi connectivity index (χ0) is 18.6. The quantitative estimate of drug-likeness (QED) is 0.554. The Bertz CT molecular complexity index is 1280. The summed E-state index contributed by atoms with van der Waals surface area (Å²) in [6.45, 7) is 0. The normalized spacial score (nSPS) is 11.5. The molecule has 0 aliphatic carbocycles. The van der Waals surface area contributed by atoms with Crippen LogP contribution in [0.2, 0.25) is 0 Å². The van der Waals surface area contributed by atoms with Gasteiger partial charge in [-0.1, -0.05) is 48.5 Å². The molecule has 0 atom stereocenters. The second kappa shape index (κ2) is 7.13. The van der Waals surface area contributed by atoms with Crippen molar-refractivity contribution in [1.29, 1.82) is 0 Å². The molecule has 0 saturated carbocycles. The predicted molar refractivity (Wildman–Crippen MR) is 106 cm³/mol. The summed E-state index contributed by atoms with van der Waals surface area (Å²) < 4.78 is 1.48. The van der Waals surface area contributed by atoms with Crippen LogP contribution in [-0.2, 0) is 0 Å². The second-order valence-electron chi connectivity index (χ2n) is 5.89. The van der Waals surface area contributed by atoms with E-state index in [1.165, 1.54) is 4.57 Å². The molecule has 0 amide bonds. The van der Waals surface area contributed by atoms with Gasteiger partial charge in [-0.2, -0.15) is 5.10 Å². The van der Waals surface area contributed by atoms with Crippen molar-refractivity contribution >= 4 is 16.7 Å². The van der Waals surface area contributed by atoms with E-state index >= 15 is 0 Å². The molecule has 0 aliphatic rings. The maximum atomic E-state index is 13.2. The van der Waals surface area contributed by atoms with Gasteiger partial charge < -0.3 is 4.98 Å². The van der Waals surface area contributed by atoms with Gasteiger partial charge in [0.25, 0.3) is 11.1 Å². The fourth-order valence-corrected chi connectivity index (χ4v) is 2.83. The van der Waals surface area contributed by atoms with Gasteiger partial charge in [0, 0.05) is 5.69 Å². The predicted octanol–water partition coefficient (Wildman–Crippen LogP) is 2.61. The first-order valence-corrected chi connectivity index (χ1v) is 8.42. The van der Waals surface area contributed by atoms with Crippen LogP contribution in [0.3, 0.4) is 0 Å². The lowest BCUT2D eigenvalue weighted by Gasteiger charge is -2.06. The number of para-hydroxylation sites is 4.